The van der Waals surface area contributed by atoms with Gasteiger partial charge in [-0.15, -0.1) is 0 Å². The number of benzene rings is 1. The number of carbonyl (C=O) groups is 2. The number of amides is 2. The fraction of sp³-hybridized carbons (Fsp3) is 0.429. The van der Waals surface area contributed by atoms with Crippen molar-refractivity contribution in [3.05, 3.63) is 47.3 Å². The van der Waals surface area contributed by atoms with Crippen molar-refractivity contribution in [2.45, 2.75) is 39.7 Å². The van der Waals surface area contributed by atoms with E-state index in [4.69, 9.17) is 4.74 Å². The molecule has 2 heterocycles. The summed E-state index contributed by atoms with van der Waals surface area (Å²) < 4.78 is 5.05. The van der Waals surface area contributed by atoms with Gasteiger partial charge in [-0.2, -0.15) is 0 Å². The summed E-state index contributed by atoms with van der Waals surface area (Å²) in [6, 6.07) is 9.40. The molecule has 0 radical (unpaired) electrons. The summed E-state index contributed by atoms with van der Waals surface area (Å²) in [6.45, 7) is 7.23. The van der Waals surface area contributed by atoms with Crippen molar-refractivity contribution in [2.75, 3.05) is 30.3 Å². The number of aryl methyl sites for hydroxylation is 2. The Kier molecular flexibility index (Phi) is 6.64. The van der Waals surface area contributed by atoms with Crippen LogP contribution in [-0.4, -0.2) is 52.6 Å². The van der Waals surface area contributed by atoms with Crippen LogP contribution in [0.4, 0.5) is 16.4 Å². The molecule has 29 heavy (non-hydrogen) atoms. The van der Waals surface area contributed by atoms with Crippen LogP contribution in [0.5, 0.6) is 0 Å². The Hall–Kier alpha value is -3.16. The van der Waals surface area contributed by atoms with E-state index in [1.54, 1.807) is 17.9 Å². The van der Waals surface area contributed by atoms with Crippen LogP contribution < -0.4 is 10.6 Å². The molecule has 3 rings (SSSR count). The molecule has 1 saturated heterocycles. The van der Waals surface area contributed by atoms with E-state index in [0.29, 0.717) is 37.0 Å². The number of rotatable bonds is 5. The maximum absolute atomic E-state index is 12.6. The molecule has 0 atom stereocenters. The molecule has 0 unspecified atom stereocenters. The highest BCUT2D eigenvalue weighted by atomic mass is 16.6. The van der Waals surface area contributed by atoms with Gasteiger partial charge in [0.05, 0.1) is 6.61 Å². The third-order valence-corrected chi connectivity index (χ3v) is 4.75. The van der Waals surface area contributed by atoms with Crippen molar-refractivity contribution >= 4 is 23.6 Å². The van der Waals surface area contributed by atoms with Crippen molar-refractivity contribution in [3.63, 3.8) is 0 Å². The first-order valence-electron chi connectivity index (χ1n) is 9.86. The highest BCUT2D eigenvalue weighted by molar-refractivity contribution is 6.03. The molecule has 154 valence electrons. The van der Waals surface area contributed by atoms with Crippen LogP contribution in [0, 0.1) is 13.8 Å². The number of aromatic nitrogens is 2. The molecule has 1 aliphatic rings. The van der Waals surface area contributed by atoms with Crippen LogP contribution in [0.25, 0.3) is 0 Å². The molecule has 8 heteroatoms. The lowest BCUT2D eigenvalue weighted by molar-refractivity contribution is 0.0980. The van der Waals surface area contributed by atoms with Gasteiger partial charge in [-0.05, 0) is 51.8 Å². The quantitative estimate of drug-likeness (QED) is 0.803. The number of hydrogen-bond acceptors (Lipinski definition) is 6. The molecule has 2 aromatic rings. The SMILES string of the molecule is CCOC(=O)N1CCC(Nc2nc(C)cc(C(=O)Nc3ccc(C)cc3)n2)CC1. The van der Waals surface area contributed by atoms with Gasteiger partial charge in [0.25, 0.3) is 5.91 Å². The van der Waals surface area contributed by atoms with Crippen molar-refractivity contribution in [3.8, 4) is 0 Å². The van der Waals surface area contributed by atoms with Crippen LogP contribution in [0.1, 0.15) is 41.5 Å². The molecule has 0 saturated carbocycles. The Labute approximate surface area is 170 Å². The second-order valence-electron chi connectivity index (χ2n) is 7.14. The smallest absolute Gasteiger partial charge is 0.409 e. The lowest BCUT2D eigenvalue weighted by Crippen LogP contribution is -2.42. The molecule has 0 spiro atoms. The van der Waals surface area contributed by atoms with Gasteiger partial charge < -0.3 is 20.3 Å². The van der Waals surface area contributed by atoms with E-state index in [0.717, 1.165) is 24.1 Å². The van der Waals surface area contributed by atoms with Crippen molar-refractivity contribution < 1.29 is 14.3 Å². The van der Waals surface area contributed by atoms with Crippen LogP contribution in [0.15, 0.2) is 30.3 Å². The average Bonchev–Trinajstić information content (AvgIpc) is 2.70. The molecule has 1 aromatic heterocycles. The summed E-state index contributed by atoms with van der Waals surface area (Å²) in [5, 5.41) is 6.16. The fourth-order valence-corrected chi connectivity index (χ4v) is 3.19. The Balaban J connectivity index is 1.61. The first-order chi connectivity index (χ1) is 13.9. The monoisotopic (exact) mass is 397 g/mol. The van der Waals surface area contributed by atoms with Gasteiger partial charge >= 0.3 is 6.09 Å². The van der Waals surface area contributed by atoms with E-state index >= 15 is 0 Å². The predicted molar refractivity (Wildman–Crippen MR) is 111 cm³/mol. The van der Waals surface area contributed by atoms with E-state index in [2.05, 4.69) is 20.6 Å². The number of ether oxygens (including phenoxy) is 1. The van der Waals surface area contributed by atoms with Crippen LogP contribution in [0.3, 0.4) is 0 Å². The summed E-state index contributed by atoms with van der Waals surface area (Å²) in [7, 11) is 0. The first kappa shape index (κ1) is 20.6. The van der Waals surface area contributed by atoms with Gasteiger partial charge in [0, 0.05) is 30.5 Å². The minimum Gasteiger partial charge on any atom is -0.450 e. The van der Waals surface area contributed by atoms with E-state index in [9.17, 15) is 9.59 Å². The van der Waals surface area contributed by atoms with Crippen molar-refractivity contribution in [1.29, 1.82) is 0 Å². The molecular formula is C21H27N5O3. The van der Waals surface area contributed by atoms with Gasteiger partial charge in [-0.25, -0.2) is 14.8 Å². The number of piperidine rings is 1. The van der Waals surface area contributed by atoms with E-state index in [1.807, 2.05) is 38.1 Å². The Morgan fingerprint density at radius 3 is 2.48 bits per heavy atom. The molecule has 1 fully saturated rings. The summed E-state index contributed by atoms with van der Waals surface area (Å²) in [4.78, 5) is 34.9. The third-order valence-electron chi connectivity index (χ3n) is 4.75. The van der Waals surface area contributed by atoms with Crippen LogP contribution in [-0.2, 0) is 4.74 Å². The maximum Gasteiger partial charge on any atom is 0.409 e. The molecular weight excluding hydrogens is 370 g/mol. The minimum atomic E-state index is -0.278. The summed E-state index contributed by atoms with van der Waals surface area (Å²) in [5.41, 5.74) is 2.86. The average molecular weight is 397 g/mol. The van der Waals surface area contributed by atoms with Gasteiger partial charge in [-0.3, -0.25) is 4.79 Å². The van der Waals surface area contributed by atoms with Gasteiger partial charge in [-0.1, -0.05) is 17.7 Å². The number of carbonyl (C=O) groups excluding carboxylic acids is 2. The fourth-order valence-electron chi connectivity index (χ4n) is 3.19. The Bertz CT molecular complexity index is 861. The van der Waals surface area contributed by atoms with Crippen molar-refractivity contribution in [2.24, 2.45) is 0 Å². The Morgan fingerprint density at radius 1 is 1.14 bits per heavy atom. The minimum absolute atomic E-state index is 0.135. The molecule has 1 aromatic carbocycles. The zero-order chi connectivity index (χ0) is 20.8. The second kappa shape index (κ2) is 9.36. The van der Waals surface area contributed by atoms with E-state index in [1.165, 1.54) is 0 Å². The largest absolute Gasteiger partial charge is 0.450 e. The molecule has 2 amide bonds. The first-order valence-corrected chi connectivity index (χ1v) is 9.86. The standard InChI is InChI=1S/C21H27N5O3/c1-4-29-21(28)26-11-9-17(10-12-26)24-20-22-15(3)13-18(25-20)19(27)23-16-7-5-14(2)6-8-16/h5-8,13,17H,4,9-12H2,1-3H3,(H,23,27)(H,22,24,25). The van der Waals surface area contributed by atoms with Crippen LogP contribution in [0.2, 0.25) is 0 Å². The number of hydrogen-bond donors (Lipinski definition) is 2. The van der Waals surface area contributed by atoms with Gasteiger partial charge in [0.15, 0.2) is 0 Å². The van der Waals surface area contributed by atoms with E-state index < -0.39 is 0 Å². The summed E-state index contributed by atoms with van der Waals surface area (Å²) in [5.74, 6) is 0.146. The van der Waals surface area contributed by atoms with Crippen molar-refractivity contribution in [1.82, 2.24) is 14.9 Å². The topological polar surface area (TPSA) is 96.5 Å². The third kappa shape index (κ3) is 5.66. The number of nitrogens with zero attached hydrogens (tertiary/aromatic N) is 3. The number of likely N-dealkylation sites (tertiary alicyclic amines) is 1. The summed E-state index contributed by atoms with van der Waals surface area (Å²) in [6.07, 6.45) is 1.26. The second-order valence-corrected chi connectivity index (χ2v) is 7.14. The molecule has 0 aliphatic carbocycles. The zero-order valence-corrected chi connectivity index (χ0v) is 17.1. The lowest BCUT2D eigenvalue weighted by Gasteiger charge is -2.31. The maximum atomic E-state index is 12.6. The molecule has 2 N–H and O–H groups in total. The highest BCUT2D eigenvalue weighted by Gasteiger charge is 2.24. The van der Waals surface area contributed by atoms with Gasteiger partial charge in [0.2, 0.25) is 5.95 Å². The number of nitrogens with one attached hydrogen (secondary N) is 2. The van der Waals surface area contributed by atoms with E-state index in [-0.39, 0.29) is 18.0 Å². The molecule has 0 bridgehead atoms. The number of anilines is 2. The predicted octanol–water partition coefficient (Wildman–Crippen LogP) is 3.38. The van der Waals surface area contributed by atoms with Crippen LogP contribution >= 0.6 is 0 Å². The van der Waals surface area contributed by atoms with Gasteiger partial charge in [0.1, 0.15) is 5.69 Å². The zero-order valence-electron chi connectivity index (χ0n) is 17.1. The molecule has 1 aliphatic heterocycles. The normalized spacial score (nSPS) is 14.4. The summed E-state index contributed by atoms with van der Waals surface area (Å²) >= 11 is 0. The Morgan fingerprint density at radius 2 is 1.83 bits per heavy atom. The highest BCUT2D eigenvalue weighted by Crippen LogP contribution is 2.17. The molecule has 8 nitrogen and oxygen atoms in total. The lowest BCUT2D eigenvalue weighted by atomic mass is 10.1.